The number of aliphatic hydroxyl groups is 1. The molecule has 0 aliphatic carbocycles. The minimum Gasteiger partial charge on any atom is -0.396 e. The molecule has 20 heavy (non-hydrogen) atoms. The average molecular weight is 277 g/mol. The highest BCUT2D eigenvalue weighted by Gasteiger charge is 2.27. The van der Waals surface area contributed by atoms with Gasteiger partial charge in [-0.2, -0.15) is 0 Å². The molecule has 0 aromatic carbocycles. The number of aromatic nitrogens is 1. The van der Waals surface area contributed by atoms with E-state index in [1.807, 2.05) is 17.0 Å². The third-order valence-corrected chi connectivity index (χ3v) is 3.67. The summed E-state index contributed by atoms with van der Waals surface area (Å²) in [5.74, 6) is 0.413. The number of pyridine rings is 1. The van der Waals surface area contributed by atoms with Crippen LogP contribution in [0.15, 0.2) is 18.3 Å². The number of hydrogen-bond acceptors (Lipinski definition) is 4. The van der Waals surface area contributed by atoms with Crippen LogP contribution in [-0.4, -0.2) is 47.1 Å². The molecule has 1 atom stereocenters. The Kier molecular flexibility index (Phi) is 5.35. The van der Waals surface area contributed by atoms with Gasteiger partial charge in [0.15, 0.2) is 0 Å². The van der Waals surface area contributed by atoms with Crippen LogP contribution < -0.4 is 5.32 Å². The van der Waals surface area contributed by atoms with Crippen molar-refractivity contribution in [3.05, 3.63) is 24.0 Å². The predicted octanol–water partition coefficient (Wildman–Crippen LogP) is 1.75. The molecule has 1 unspecified atom stereocenters. The van der Waals surface area contributed by atoms with Gasteiger partial charge in [-0.1, -0.05) is 6.92 Å². The second kappa shape index (κ2) is 7.24. The molecular weight excluding hydrogens is 254 g/mol. The third-order valence-electron chi connectivity index (χ3n) is 3.67. The van der Waals surface area contributed by atoms with E-state index >= 15 is 0 Å². The van der Waals surface area contributed by atoms with Gasteiger partial charge in [-0.25, -0.2) is 0 Å². The molecular formula is C15H23N3O2. The third kappa shape index (κ3) is 3.70. The van der Waals surface area contributed by atoms with Gasteiger partial charge < -0.3 is 15.3 Å². The summed E-state index contributed by atoms with van der Waals surface area (Å²) in [5.41, 5.74) is 1.44. The summed E-state index contributed by atoms with van der Waals surface area (Å²) in [5, 5.41) is 12.2. The van der Waals surface area contributed by atoms with Crippen LogP contribution in [0, 0.1) is 5.92 Å². The summed E-state index contributed by atoms with van der Waals surface area (Å²) < 4.78 is 0. The fraction of sp³-hybridized carbons (Fsp3) is 0.600. The van der Waals surface area contributed by atoms with Crippen LogP contribution >= 0.6 is 0 Å². The second-order valence-electron chi connectivity index (χ2n) is 5.27. The molecule has 1 saturated heterocycles. The SMILES string of the molecule is CCCNc1ccnc(C(=O)N2CCC(CCO)C2)c1. The Balaban J connectivity index is 1.98. The first-order valence-electron chi connectivity index (χ1n) is 7.34. The zero-order valence-corrected chi connectivity index (χ0v) is 12.0. The normalized spacial score (nSPS) is 18.3. The molecule has 1 aromatic heterocycles. The highest BCUT2D eigenvalue weighted by atomic mass is 16.3. The Bertz CT molecular complexity index is 450. The number of aliphatic hydroxyl groups excluding tert-OH is 1. The fourth-order valence-electron chi connectivity index (χ4n) is 2.52. The Morgan fingerprint density at radius 2 is 2.45 bits per heavy atom. The van der Waals surface area contributed by atoms with Gasteiger partial charge in [0.25, 0.3) is 5.91 Å². The first kappa shape index (κ1) is 14.8. The van der Waals surface area contributed by atoms with Crippen LogP contribution in [-0.2, 0) is 0 Å². The van der Waals surface area contributed by atoms with E-state index in [0.29, 0.717) is 11.6 Å². The minimum atomic E-state index is -0.00871. The predicted molar refractivity (Wildman–Crippen MR) is 78.7 cm³/mol. The van der Waals surface area contributed by atoms with Crippen molar-refractivity contribution in [2.75, 3.05) is 31.6 Å². The zero-order chi connectivity index (χ0) is 14.4. The van der Waals surface area contributed by atoms with E-state index < -0.39 is 0 Å². The van der Waals surface area contributed by atoms with Gasteiger partial charge in [-0.05, 0) is 37.3 Å². The molecule has 2 heterocycles. The monoisotopic (exact) mass is 277 g/mol. The van der Waals surface area contributed by atoms with Crippen molar-refractivity contribution in [1.29, 1.82) is 0 Å². The van der Waals surface area contributed by atoms with Crippen LogP contribution in [0.3, 0.4) is 0 Å². The van der Waals surface area contributed by atoms with Gasteiger partial charge in [-0.3, -0.25) is 9.78 Å². The molecule has 2 N–H and O–H groups in total. The molecule has 1 fully saturated rings. The summed E-state index contributed by atoms with van der Waals surface area (Å²) in [6.45, 7) is 4.68. The van der Waals surface area contributed by atoms with Crippen LogP contribution in [0.5, 0.6) is 0 Å². The Morgan fingerprint density at radius 3 is 3.20 bits per heavy atom. The first-order chi connectivity index (χ1) is 9.74. The second-order valence-corrected chi connectivity index (χ2v) is 5.27. The molecule has 0 spiro atoms. The summed E-state index contributed by atoms with van der Waals surface area (Å²) in [7, 11) is 0. The fourth-order valence-corrected chi connectivity index (χ4v) is 2.52. The van der Waals surface area contributed by atoms with Gasteiger partial charge >= 0.3 is 0 Å². The number of hydrogen-bond donors (Lipinski definition) is 2. The molecule has 1 aromatic rings. The molecule has 1 aliphatic rings. The lowest BCUT2D eigenvalue weighted by Crippen LogP contribution is -2.29. The smallest absolute Gasteiger partial charge is 0.272 e. The standard InChI is InChI=1S/C15H23N3O2/c1-2-6-16-13-3-7-17-14(10-13)15(20)18-8-4-12(11-18)5-9-19/h3,7,10,12,19H,2,4-6,8-9,11H2,1H3,(H,16,17). The molecule has 5 heteroatoms. The van der Waals surface area contributed by atoms with Crippen LogP contribution in [0.25, 0.3) is 0 Å². The summed E-state index contributed by atoms with van der Waals surface area (Å²) >= 11 is 0. The van der Waals surface area contributed by atoms with E-state index in [1.165, 1.54) is 0 Å². The summed E-state index contributed by atoms with van der Waals surface area (Å²) in [6.07, 6.45) is 4.46. The van der Waals surface area contributed by atoms with E-state index in [0.717, 1.165) is 44.6 Å². The lowest BCUT2D eigenvalue weighted by Gasteiger charge is -2.16. The van der Waals surface area contributed by atoms with Crippen LogP contribution in [0.2, 0.25) is 0 Å². The molecule has 1 aliphatic heterocycles. The van der Waals surface area contributed by atoms with Gasteiger partial charge in [0.05, 0.1) is 0 Å². The van der Waals surface area contributed by atoms with Crippen LogP contribution in [0.4, 0.5) is 5.69 Å². The van der Waals surface area contributed by atoms with Crippen LogP contribution in [0.1, 0.15) is 36.7 Å². The average Bonchev–Trinajstić information content (AvgIpc) is 2.93. The van der Waals surface area contributed by atoms with E-state index in [4.69, 9.17) is 5.11 Å². The van der Waals surface area contributed by atoms with Crippen molar-refractivity contribution in [1.82, 2.24) is 9.88 Å². The number of nitrogens with one attached hydrogen (secondary N) is 1. The molecule has 5 nitrogen and oxygen atoms in total. The molecule has 0 radical (unpaired) electrons. The van der Waals surface area contributed by atoms with Gasteiger partial charge in [0.2, 0.25) is 0 Å². The molecule has 0 bridgehead atoms. The number of amides is 1. The molecule has 110 valence electrons. The van der Waals surface area contributed by atoms with E-state index in [-0.39, 0.29) is 12.5 Å². The molecule has 2 rings (SSSR count). The number of rotatable bonds is 6. The first-order valence-corrected chi connectivity index (χ1v) is 7.34. The van der Waals surface area contributed by atoms with Crippen molar-refractivity contribution in [3.8, 4) is 0 Å². The maximum absolute atomic E-state index is 12.4. The van der Waals surface area contributed by atoms with Gasteiger partial charge in [0.1, 0.15) is 5.69 Å². The van der Waals surface area contributed by atoms with E-state index in [9.17, 15) is 4.79 Å². The molecule has 0 saturated carbocycles. The number of carbonyl (C=O) groups excluding carboxylic acids is 1. The Labute approximate surface area is 120 Å². The Morgan fingerprint density at radius 1 is 1.60 bits per heavy atom. The maximum atomic E-state index is 12.4. The summed E-state index contributed by atoms with van der Waals surface area (Å²) in [4.78, 5) is 18.4. The highest BCUT2D eigenvalue weighted by Crippen LogP contribution is 2.21. The van der Waals surface area contributed by atoms with Crippen molar-refractivity contribution in [2.24, 2.45) is 5.92 Å². The van der Waals surface area contributed by atoms with Crippen molar-refractivity contribution in [3.63, 3.8) is 0 Å². The topological polar surface area (TPSA) is 65.5 Å². The molecule has 1 amide bonds. The highest BCUT2D eigenvalue weighted by molar-refractivity contribution is 5.93. The number of carbonyl (C=O) groups is 1. The zero-order valence-electron chi connectivity index (χ0n) is 12.0. The van der Waals surface area contributed by atoms with E-state index in [2.05, 4.69) is 17.2 Å². The number of anilines is 1. The van der Waals surface area contributed by atoms with Crippen molar-refractivity contribution in [2.45, 2.75) is 26.2 Å². The quantitative estimate of drug-likeness (QED) is 0.831. The van der Waals surface area contributed by atoms with Gasteiger partial charge in [-0.15, -0.1) is 0 Å². The lowest BCUT2D eigenvalue weighted by molar-refractivity contribution is 0.0779. The maximum Gasteiger partial charge on any atom is 0.272 e. The van der Waals surface area contributed by atoms with Gasteiger partial charge in [0, 0.05) is 38.1 Å². The number of likely N-dealkylation sites (tertiary alicyclic amines) is 1. The Hall–Kier alpha value is -1.62. The van der Waals surface area contributed by atoms with E-state index in [1.54, 1.807) is 6.20 Å². The van der Waals surface area contributed by atoms with Crippen molar-refractivity contribution < 1.29 is 9.90 Å². The van der Waals surface area contributed by atoms with Crippen molar-refractivity contribution >= 4 is 11.6 Å². The lowest BCUT2D eigenvalue weighted by atomic mass is 10.1. The largest absolute Gasteiger partial charge is 0.396 e. The summed E-state index contributed by atoms with van der Waals surface area (Å²) in [6, 6.07) is 3.70. The minimum absolute atomic E-state index is 0.00871. The number of nitrogens with zero attached hydrogens (tertiary/aromatic N) is 2.